The van der Waals surface area contributed by atoms with Gasteiger partial charge in [-0.2, -0.15) is 5.26 Å². The number of nitriles is 1. The van der Waals surface area contributed by atoms with Crippen LogP contribution in [0.4, 0.5) is 4.39 Å². The van der Waals surface area contributed by atoms with Gasteiger partial charge in [0.15, 0.2) is 0 Å². The van der Waals surface area contributed by atoms with Crippen LogP contribution in [0.15, 0.2) is 18.2 Å². The molecule has 0 aliphatic heterocycles. The third-order valence-corrected chi connectivity index (χ3v) is 1.91. The van der Waals surface area contributed by atoms with Crippen molar-refractivity contribution in [3.05, 3.63) is 35.1 Å². The fourth-order valence-electron chi connectivity index (χ4n) is 1.31. The van der Waals surface area contributed by atoms with Gasteiger partial charge in [0.1, 0.15) is 11.6 Å². The monoisotopic (exact) mass is 191 g/mol. The highest BCUT2D eigenvalue weighted by Crippen LogP contribution is 2.14. The molecule has 2 nitrogen and oxygen atoms in total. The third kappa shape index (κ3) is 2.40. The van der Waals surface area contributed by atoms with Crippen LogP contribution >= 0.6 is 0 Å². The van der Waals surface area contributed by atoms with Gasteiger partial charge in [-0.05, 0) is 18.6 Å². The van der Waals surface area contributed by atoms with Gasteiger partial charge in [-0.15, -0.1) is 0 Å². The highest BCUT2D eigenvalue weighted by atomic mass is 19.1. The first-order valence-corrected chi connectivity index (χ1v) is 4.27. The van der Waals surface area contributed by atoms with Crippen LogP contribution in [0.1, 0.15) is 18.1 Å². The van der Waals surface area contributed by atoms with E-state index in [-0.39, 0.29) is 18.6 Å². The number of ketones is 1. The van der Waals surface area contributed by atoms with Crippen molar-refractivity contribution in [1.29, 1.82) is 5.26 Å². The van der Waals surface area contributed by atoms with Crippen LogP contribution in [0.2, 0.25) is 0 Å². The molecule has 0 atom stereocenters. The predicted octanol–water partition coefficient (Wildman–Crippen LogP) is 2.02. The van der Waals surface area contributed by atoms with Gasteiger partial charge in [0, 0.05) is 12.0 Å². The van der Waals surface area contributed by atoms with E-state index in [0.29, 0.717) is 11.1 Å². The number of rotatable bonds is 3. The lowest BCUT2D eigenvalue weighted by Gasteiger charge is -2.05. The Morgan fingerprint density at radius 1 is 1.57 bits per heavy atom. The first-order chi connectivity index (χ1) is 6.65. The van der Waals surface area contributed by atoms with E-state index in [9.17, 15) is 9.18 Å². The van der Waals surface area contributed by atoms with E-state index >= 15 is 0 Å². The zero-order valence-electron chi connectivity index (χ0n) is 7.88. The maximum atomic E-state index is 13.2. The van der Waals surface area contributed by atoms with Crippen LogP contribution < -0.4 is 0 Å². The molecule has 1 aromatic carbocycles. The standard InChI is InChI=1S/C11H10FNO/c1-8(14)7-9-3-2-4-11(12)10(9)5-6-13/h2-4H,5,7H2,1H3. The molecule has 0 amide bonds. The summed E-state index contributed by atoms with van der Waals surface area (Å²) in [6, 6.07) is 6.42. The van der Waals surface area contributed by atoms with Crippen LogP contribution in [-0.4, -0.2) is 5.78 Å². The Bertz CT molecular complexity index is 393. The van der Waals surface area contributed by atoms with Gasteiger partial charge in [0.25, 0.3) is 0 Å². The summed E-state index contributed by atoms with van der Waals surface area (Å²) in [7, 11) is 0. The van der Waals surface area contributed by atoms with Gasteiger partial charge < -0.3 is 0 Å². The number of halogens is 1. The van der Waals surface area contributed by atoms with Crippen molar-refractivity contribution in [2.45, 2.75) is 19.8 Å². The molecular formula is C11H10FNO. The summed E-state index contributed by atoms with van der Waals surface area (Å²) in [5.74, 6) is -0.444. The van der Waals surface area contributed by atoms with Crippen molar-refractivity contribution in [3.63, 3.8) is 0 Å². The highest BCUT2D eigenvalue weighted by molar-refractivity contribution is 5.78. The van der Waals surface area contributed by atoms with E-state index in [1.54, 1.807) is 12.1 Å². The molecule has 14 heavy (non-hydrogen) atoms. The average molecular weight is 191 g/mol. The maximum absolute atomic E-state index is 13.2. The molecule has 72 valence electrons. The minimum atomic E-state index is -0.412. The highest BCUT2D eigenvalue weighted by Gasteiger charge is 2.09. The van der Waals surface area contributed by atoms with Crippen molar-refractivity contribution in [1.82, 2.24) is 0 Å². The largest absolute Gasteiger partial charge is 0.300 e. The summed E-state index contributed by atoms with van der Waals surface area (Å²) in [5, 5.41) is 8.50. The number of nitrogens with zero attached hydrogens (tertiary/aromatic N) is 1. The molecule has 0 N–H and O–H groups in total. The van der Waals surface area contributed by atoms with Crippen molar-refractivity contribution in [3.8, 4) is 6.07 Å². The Balaban J connectivity index is 3.08. The molecule has 3 heteroatoms. The minimum Gasteiger partial charge on any atom is -0.300 e. The number of carbonyl (C=O) groups excluding carboxylic acids is 1. The SMILES string of the molecule is CC(=O)Cc1cccc(F)c1CC#N. The summed E-state index contributed by atoms with van der Waals surface area (Å²) in [6.07, 6.45) is 0.198. The molecule has 0 saturated heterocycles. The molecule has 0 spiro atoms. The lowest BCUT2D eigenvalue weighted by molar-refractivity contribution is -0.116. The van der Waals surface area contributed by atoms with Crippen LogP contribution in [0.5, 0.6) is 0 Å². The Kier molecular flexibility index (Phi) is 3.35. The van der Waals surface area contributed by atoms with Crippen molar-refractivity contribution in [2.75, 3.05) is 0 Å². The molecule has 1 rings (SSSR count). The molecular weight excluding hydrogens is 181 g/mol. The first-order valence-electron chi connectivity index (χ1n) is 4.27. The van der Waals surface area contributed by atoms with Gasteiger partial charge in [0.2, 0.25) is 0 Å². The Morgan fingerprint density at radius 3 is 2.86 bits per heavy atom. The average Bonchev–Trinajstić information content (AvgIpc) is 2.10. The summed E-state index contributed by atoms with van der Waals surface area (Å²) < 4.78 is 13.2. The van der Waals surface area contributed by atoms with Crippen molar-refractivity contribution < 1.29 is 9.18 Å². The number of hydrogen-bond acceptors (Lipinski definition) is 2. The normalized spacial score (nSPS) is 9.50. The number of hydrogen-bond donors (Lipinski definition) is 0. The second kappa shape index (κ2) is 4.52. The molecule has 0 radical (unpaired) electrons. The van der Waals surface area contributed by atoms with Gasteiger partial charge in [-0.25, -0.2) is 4.39 Å². The fourth-order valence-corrected chi connectivity index (χ4v) is 1.31. The first kappa shape index (κ1) is 10.4. The Hall–Kier alpha value is -1.69. The molecule has 0 heterocycles. The number of carbonyl (C=O) groups is 1. The molecule has 0 aromatic heterocycles. The summed E-state index contributed by atoms with van der Waals surface area (Å²) in [6.45, 7) is 1.45. The zero-order valence-corrected chi connectivity index (χ0v) is 7.88. The van der Waals surface area contributed by atoms with Gasteiger partial charge in [0.05, 0.1) is 12.5 Å². The zero-order chi connectivity index (χ0) is 10.6. The molecule has 0 saturated carbocycles. The quantitative estimate of drug-likeness (QED) is 0.733. The minimum absolute atomic E-state index is 0.00921. The summed E-state index contributed by atoms with van der Waals surface area (Å²) in [5.41, 5.74) is 0.948. The van der Waals surface area contributed by atoms with E-state index in [4.69, 9.17) is 5.26 Å². The summed E-state index contributed by atoms with van der Waals surface area (Å²) in [4.78, 5) is 10.9. The molecule has 0 aliphatic carbocycles. The van der Waals surface area contributed by atoms with Gasteiger partial charge in [-0.3, -0.25) is 4.79 Å². The van der Waals surface area contributed by atoms with Crippen LogP contribution in [0.25, 0.3) is 0 Å². The van der Waals surface area contributed by atoms with Gasteiger partial charge >= 0.3 is 0 Å². The van der Waals surface area contributed by atoms with Crippen molar-refractivity contribution >= 4 is 5.78 Å². The lowest BCUT2D eigenvalue weighted by atomic mass is 10.0. The van der Waals surface area contributed by atoms with Crippen LogP contribution in [0.3, 0.4) is 0 Å². The maximum Gasteiger partial charge on any atom is 0.134 e. The van der Waals surface area contributed by atoms with E-state index in [0.717, 1.165) is 0 Å². The van der Waals surface area contributed by atoms with E-state index in [2.05, 4.69) is 0 Å². The van der Waals surface area contributed by atoms with E-state index < -0.39 is 5.82 Å². The van der Waals surface area contributed by atoms with Crippen molar-refractivity contribution in [2.24, 2.45) is 0 Å². The third-order valence-electron chi connectivity index (χ3n) is 1.91. The molecule has 0 bridgehead atoms. The Morgan fingerprint density at radius 2 is 2.29 bits per heavy atom. The smallest absolute Gasteiger partial charge is 0.134 e. The fraction of sp³-hybridized carbons (Fsp3) is 0.273. The molecule has 0 unspecified atom stereocenters. The Labute approximate surface area is 82.0 Å². The lowest BCUT2D eigenvalue weighted by Crippen LogP contribution is -2.02. The molecule has 0 fully saturated rings. The predicted molar refractivity (Wildman–Crippen MR) is 50.1 cm³/mol. The number of benzene rings is 1. The van der Waals surface area contributed by atoms with Crippen LogP contribution in [-0.2, 0) is 17.6 Å². The molecule has 0 aliphatic rings. The second-order valence-electron chi connectivity index (χ2n) is 3.09. The second-order valence-corrected chi connectivity index (χ2v) is 3.09. The van der Waals surface area contributed by atoms with Crippen LogP contribution in [0, 0.1) is 17.1 Å². The van der Waals surface area contributed by atoms with E-state index in [1.165, 1.54) is 13.0 Å². The topological polar surface area (TPSA) is 40.9 Å². The molecule has 1 aromatic rings. The van der Waals surface area contributed by atoms with E-state index in [1.807, 2.05) is 6.07 Å². The van der Waals surface area contributed by atoms with Gasteiger partial charge in [-0.1, -0.05) is 12.1 Å². The number of Topliss-reactive ketones (excluding diaryl/α,β-unsaturated/α-hetero) is 1. The summed E-state index contributed by atoms with van der Waals surface area (Å²) >= 11 is 0.